The van der Waals surface area contributed by atoms with Gasteiger partial charge in [0.2, 0.25) is 11.9 Å². The van der Waals surface area contributed by atoms with Gasteiger partial charge < -0.3 is 16.8 Å². The molecule has 2 aromatic rings. The summed E-state index contributed by atoms with van der Waals surface area (Å²) in [5.41, 5.74) is 11.4. The number of alkyl halides is 3. The summed E-state index contributed by atoms with van der Waals surface area (Å²) in [7, 11) is 0. The van der Waals surface area contributed by atoms with Crippen molar-refractivity contribution in [1.29, 1.82) is 0 Å². The number of hydrogen-bond donors (Lipinski definition) is 3. The molecule has 146 valence electrons. The largest absolute Gasteiger partial charge is 0.416 e. The SMILES string of the molecule is Cl.NC(=NCc1ccc(Cl)c(Cl)c1)/N=C(\N)Nc1cccc(C(F)(F)F)c1. The van der Waals surface area contributed by atoms with Crippen LogP contribution in [0.25, 0.3) is 0 Å². The number of aliphatic imine (C=N–C) groups is 2. The average molecular weight is 441 g/mol. The Bertz CT molecular complexity index is 853. The van der Waals surface area contributed by atoms with Crippen molar-refractivity contribution in [3.63, 3.8) is 0 Å². The van der Waals surface area contributed by atoms with Crippen LogP contribution >= 0.6 is 35.6 Å². The topological polar surface area (TPSA) is 88.8 Å². The van der Waals surface area contributed by atoms with Crippen molar-refractivity contribution in [2.24, 2.45) is 21.5 Å². The third-order valence-electron chi connectivity index (χ3n) is 3.10. The molecule has 0 bridgehead atoms. The van der Waals surface area contributed by atoms with E-state index in [1.54, 1.807) is 18.2 Å². The minimum Gasteiger partial charge on any atom is -0.369 e. The first-order valence-electron chi connectivity index (χ1n) is 7.17. The van der Waals surface area contributed by atoms with Gasteiger partial charge in [-0.15, -0.1) is 12.4 Å². The maximum atomic E-state index is 12.7. The first-order valence-corrected chi connectivity index (χ1v) is 7.93. The highest BCUT2D eigenvalue weighted by Gasteiger charge is 2.30. The molecule has 0 spiro atoms. The molecule has 11 heteroatoms. The van der Waals surface area contributed by atoms with E-state index in [1.165, 1.54) is 12.1 Å². The predicted octanol–water partition coefficient (Wildman–Crippen LogP) is 4.68. The summed E-state index contributed by atoms with van der Waals surface area (Å²) in [6, 6.07) is 9.50. The first kappa shape index (κ1) is 22.9. The maximum absolute atomic E-state index is 12.7. The molecule has 0 aliphatic rings. The monoisotopic (exact) mass is 439 g/mol. The summed E-state index contributed by atoms with van der Waals surface area (Å²) in [5, 5.41) is 3.33. The summed E-state index contributed by atoms with van der Waals surface area (Å²) < 4.78 is 38.1. The lowest BCUT2D eigenvalue weighted by molar-refractivity contribution is -0.137. The molecule has 0 aliphatic carbocycles. The number of nitrogens with zero attached hydrogens (tertiary/aromatic N) is 2. The van der Waals surface area contributed by atoms with Crippen molar-refractivity contribution in [1.82, 2.24) is 0 Å². The number of guanidine groups is 2. The zero-order valence-corrected chi connectivity index (χ0v) is 15.9. The molecular formula is C16H15Cl3F3N5. The molecule has 0 amide bonds. The molecule has 27 heavy (non-hydrogen) atoms. The normalized spacial score (nSPS) is 12.5. The summed E-state index contributed by atoms with van der Waals surface area (Å²) in [6.45, 7) is 0.184. The van der Waals surface area contributed by atoms with Crippen LogP contribution in [0.5, 0.6) is 0 Å². The van der Waals surface area contributed by atoms with Crippen LogP contribution in [0.15, 0.2) is 52.4 Å². The zero-order valence-electron chi connectivity index (χ0n) is 13.6. The molecule has 5 nitrogen and oxygen atoms in total. The Balaban J connectivity index is 0.00000364. The lowest BCUT2D eigenvalue weighted by Crippen LogP contribution is -2.26. The Kier molecular flexibility index (Phi) is 8.20. The standard InChI is InChI=1S/C16H14Cl2F3N5.ClH/c17-12-5-4-9(6-13(12)18)8-24-14(22)26-15(23)25-11-3-1-2-10(7-11)16(19,20)21;/h1-7H,8H2,(H5,22,23,24,25,26);1H. The van der Waals surface area contributed by atoms with E-state index >= 15 is 0 Å². The Labute approximate surface area is 169 Å². The van der Waals surface area contributed by atoms with Gasteiger partial charge in [0.15, 0.2) is 0 Å². The summed E-state index contributed by atoms with van der Waals surface area (Å²) in [6.07, 6.45) is -4.45. The number of hydrogen-bond acceptors (Lipinski definition) is 1. The molecule has 0 aliphatic heterocycles. The van der Waals surface area contributed by atoms with Gasteiger partial charge in [0, 0.05) is 5.69 Å². The van der Waals surface area contributed by atoms with E-state index in [1.807, 2.05) is 0 Å². The number of nitrogens with two attached hydrogens (primary N) is 2. The van der Waals surface area contributed by atoms with Crippen molar-refractivity contribution in [2.45, 2.75) is 12.7 Å². The van der Waals surface area contributed by atoms with Gasteiger partial charge >= 0.3 is 6.18 Å². The molecule has 2 rings (SSSR count). The number of anilines is 1. The van der Waals surface area contributed by atoms with Crippen LogP contribution in [-0.4, -0.2) is 11.9 Å². The molecule has 0 fully saturated rings. The molecule has 0 heterocycles. The van der Waals surface area contributed by atoms with Crippen molar-refractivity contribution in [2.75, 3.05) is 5.32 Å². The van der Waals surface area contributed by atoms with Crippen molar-refractivity contribution < 1.29 is 13.2 Å². The fourth-order valence-corrected chi connectivity index (χ4v) is 2.24. The van der Waals surface area contributed by atoms with Gasteiger partial charge in [-0.25, -0.2) is 4.99 Å². The second kappa shape index (κ2) is 9.68. The quantitative estimate of drug-likeness (QED) is 0.478. The molecule has 2 aromatic carbocycles. The smallest absolute Gasteiger partial charge is 0.369 e. The second-order valence-corrected chi connectivity index (χ2v) is 5.94. The molecule has 0 saturated heterocycles. The van der Waals surface area contributed by atoms with Gasteiger partial charge in [0.05, 0.1) is 22.2 Å². The third-order valence-corrected chi connectivity index (χ3v) is 3.84. The molecule has 5 N–H and O–H groups in total. The van der Waals surface area contributed by atoms with E-state index in [-0.39, 0.29) is 36.6 Å². The Morgan fingerprint density at radius 1 is 1.04 bits per heavy atom. The van der Waals surface area contributed by atoms with Gasteiger partial charge in [-0.1, -0.05) is 35.3 Å². The van der Waals surface area contributed by atoms with Crippen LogP contribution in [0.4, 0.5) is 18.9 Å². The van der Waals surface area contributed by atoms with Crippen LogP contribution in [0.3, 0.4) is 0 Å². The molecule has 0 radical (unpaired) electrons. The van der Waals surface area contributed by atoms with E-state index in [4.69, 9.17) is 34.7 Å². The van der Waals surface area contributed by atoms with E-state index in [9.17, 15) is 13.2 Å². The van der Waals surface area contributed by atoms with Gasteiger partial charge in [-0.3, -0.25) is 0 Å². The van der Waals surface area contributed by atoms with Crippen LogP contribution < -0.4 is 16.8 Å². The average Bonchev–Trinajstić information content (AvgIpc) is 2.55. The van der Waals surface area contributed by atoms with Crippen molar-refractivity contribution in [3.8, 4) is 0 Å². The Morgan fingerprint density at radius 3 is 2.37 bits per heavy atom. The predicted molar refractivity (Wildman–Crippen MR) is 106 cm³/mol. The minimum absolute atomic E-state index is 0. The molecule has 0 unspecified atom stereocenters. The number of benzene rings is 2. The lowest BCUT2D eigenvalue weighted by Gasteiger charge is -2.10. The Hall–Kier alpha value is -2.16. The fourth-order valence-electron chi connectivity index (χ4n) is 1.92. The van der Waals surface area contributed by atoms with Gasteiger partial charge in [0.25, 0.3) is 0 Å². The zero-order chi connectivity index (χ0) is 19.3. The lowest BCUT2D eigenvalue weighted by atomic mass is 10.2. The third kappa shape index (κ3) is 7.16. The van der Waals surface area contributed by atoms with Gasteiger partial charge in [-0.05, 0) is 35.9 Å². The highest BCUT2D eigenvalue weighted by Crippen LogP contribution is 2.30. The molecular weight excluding hydrogens is 426 g/mol. The maximum Gasteiger partial charge on any atom is 0.416 e. The molecule has 0 saturated carbocycles. The number of nitrogens with one attached hydrogen (secondary N) is 1. The summed E-state index contributed by atoms with van der Waals surface area (Å²) >= 11 is 11.7. The first-order chi connectivity index (χ1) is 12.1. The van der Waals surface area contributed by atoms with Crippen LogP contribution in [0, 0.1) is 0 Å². The van der Waals surface area contributed by atoms with E-state index in [0.717, 1.165) is 17.7 Å². The molecule has 0 atom stereocenters. The minimum atomic E-state index is -4.45. The highest BCUT2D eigenvalue weighted by molar-refractivity contribution is 6.42. The summed E-state index contributed by atoms with van der Waals surface area (Å²) in [5.74, 6) is -0.340. The van der Waals surface area contributed by atoms with Crippen molar-refractivity contribution >= 4 is 53.2 Å². The second-order valence-electron chi connectivity index (χ2n) is 5.12. The highest BCUT2D eigenvalue weighted by atomic mass is 35.5. The van der Waals surface area contributed by atoms with Crippen LogP contribution in [-0.2, 0) is 12.7 Å². The summed E-state index contributed by atoms with van der Waals surface area (Å²) in [4.78, 5) is 7.80. The van der Waals surface area contributed by atoms with Gasteiger partial charge in [-0.2, -0.15) is 18.2 Å². The number of halogens is 6. The van der Waals surface area contributed by atoms with E-state index in [0.29, 0.717) is 10.0 Å². The van der Waals surface area contributed by atoms with Crippen LogP contribution in [0.2, 0.25) is 10.0 Å². The van der Waals surface area contributed by atoms with Crippen LogP contribution in [0.1, 0.15) is 11.1 Å². The van der Waals surface area contributed by atoms with Crippen molar-refractivity contribution in [3.05, 3.63) is 63.6 Å². The number of rotatable bonds is 3. The van der Waals surface area contributed by atoms with E-state index < -0.39 is 11.7 Å². The fraction of sp³-hybridized carbons (Fsp3) is 0.125. The Morgan fingerprint density at radius 2 is 1.74 bits per heavy atom. The van der Waals surface area contributed by atoms with E-state index in [2.05, 4.69) is 15.3 Å². The van der Waals surface area contributed by atoms with Gasteiger partial charge in [0.1, 0.15) is 0 Å². The molecule has 0 aromatic heterocycles.